The van der Waals surface area contributed by atoms with Gasteiger partial charge in [-0.05, 0) is 55.3 Å². The maximum Gasteiger partial charge on any atom is 1.00 e. The predicted octanol–water partition coefficient (Wildman–Crippen LogP) is 1.19. The predicted molar refractivity (Wildman–Crippen MR) is 147 cm³/mol. The van der Waals surface area contributed by atoms with Crippen molar-refractivity contribution < 1.29 is 51.2 Å². The fraction of sp³-hybridized carbons (Fsp3) is 0.231. The summed E-state index contributed by atoms with van der Waals surface area (Å²) in [6.45, 7) is 4.03. The van der Waals surface area contributed by atoms with E-state index in [-0.39, 0.29) is 50.9 Å². The number of aryl methyl sites for hydroxylation is 2. The number of hydrogen-bond donors (Lipinski definition) is 2. The molecule has 0 radical (unpaired) electrons. The van der Waals surface area contributed by atoms with Crippen molar-refractivity contribution in [2.75, 3.05) is 12.8 Å². The normalized spacial score (nSPS) is 11.7. The van der Waals surface area contributed by atoms with Crippen molar-refractivity contribution in [2.24, 2.45) is 0 Å². The number of sulfonamides is 1. The van der Waals surface area contributed by atoms with Gasteiger partial charge in [-0.3, -0.25) is 4.57 Å². The van der Waals surface area contributed by atoms with E-state index < -0.39 is 25.9 Å². The fourth-order valence-corrected chi connectivity index (χ4v) is 6.25. The largest absolute Gasteiger partial charge is 1.00 e. The van der Waals surface area contributed by atoms with E-state index in [1.165, 1.54) is 18.2 Å². The molecule has 9 nitrogen and oxygen atoms in total. The summed E-state index contributed by atoms with van der Waals surface area (Å²) in [6.07, 6.45) is 2.21. The van der Waals surface area contributed by atoms with Crippen LogP contribution in [0.25, 0.3) is 16.7 Å². The van der Waals surface area contributed by atoms with Gasteiger partial charge in [-0.25, -0.2) is 31.3 Å². The maximum atomic E-state index is 12.4. The Labute approximate surface area is 255 Å². The van der Waals surface area contributed by atoms with Crippen molar-refractivity contribution in [3.63, 3.8) is 0 Å². The van der Waals surface area contributed by atoms with Gasteiger partial charge in [0, 0.05) is 24.9 Å². The summed E-state index contributed by atoms with van der Waals surface area (Å²) >= 11 is 6.29. The van der Waals surface area contributed by atoms with Crippen molar-refractivity contribution in [1.29, 1.82) is 0 Å². The van der Waals surface area contributed by atoms with Crippen molar-refractivity contribution in [3.8, 4) is 5.69 Å². The molecule has 0 aliphatic rings. The van der Waals surface area contributed by atoms with E-state index in [0.29, 0.717) is 23.9 Å². The van der Waals surface area contributed by atoms with Crippen molar-refractivity contribution >= 4 is 48.5 Å². The quantitative estimate of drug-likeness (QED) is 0.294. The first-order chi connectivity index (χ1) is 17.9. The topological polar surface area (TPSA) is 127 Å². The van der Waals surface area contributed by atoms with Crippen LogP contribution < -0.4 is 39.6 Å². The number of amides is 2. The van der Waals surface area contributed by atoms with Crippen LogP contribution >= 0.6 is 11.6 Å². The second kappa shape index (κ2) is 12.4. The molecule has 4 aromatic rings. The average Bonchev–Trinajstić information content (AvgIpc) is 3.20. The van der Waals surface area contributed by atoms with Crippen LogP contribution in [0.4, 0.5) is 4.79 Å². The van der Waals surface area contributed by atoms with E-state index in [1.54, 1.807) is 18.2 Å². The molecule has 0 fully saturated rings. The number of urea groups is 1. The molecule has 0 saturated carbocycles. The smallest absolute Gasteiger partial charge is 0.337 e. The Morgan fingerprint density at radius 1 is 1.00 bits per heavy atom. The molecule has 0 atom stereocenters. The van der Waals surface area contributed by atoms with Gasteiger partial charge in [0.05, 0.1) is 25.8 Å². The van der Waals surface area contributed by atoms with E-state index in [4.69, 9.17) is 11.6 Å². The van der Waals surface area contributed by atoms with Crippen molar-refractivity contribution in [3.05, 3.63) is 82.6 Å². The molecule has 0 aliphatic heterocycles. The third-order valence-corrected chi connectivity index (χ3v) is 8.85. The molecular weight excluding hydrogens is 571 g/mol. The number of halogens is 1. The van der Waals surface area contributed by atoms with Gasteiger partial charge in [-0.1, -0.05) is 48.4 Å². The van der Waals surface area contributed by atoms with E-state index in [9.17, 15) is 21.6 Å². The molecule has 0 saturated heterocycles. The zero-order chi connectivity index (χ0) is 27.7. The Hall–Kier alpha value is -2.41. The van der Waals surface area contributed by atoms with Crippen molar-refractivity contribution in [1.82, 2.24) is 19.6 Å². The number of carbonyl (C=O) groups is 1. The van der Waals surface area contributed by atoms with Gasteiger partial charge in [-0.2, -0.15) is 0 Å². The SMILES string of the molecule is CCc1nc2cc(S(C)(=O)=O)c(Cl)cc2n1-c1ccc(CCNC(=O)NS(=O)(=O)c2ccc(C)cc2)cc1.[Na+]. The number of carbonyl (C=O) groups excluding carboxylic acids is 1. The summed E-state index contributed by atoms with van der Waals surface area (Å²) in [5, 5.41) is 2.70. The Morgan fingerprint density at radius 2 is 1.64 bits per heavy atom. The minimum Gasteiger partial charge on any atom is -0.337 e. The van der Waals surface area contributed by atoms with Crippen molar-refractivity contribution in [2.45, 2.75) is 36.5 Å². The van der Waals surface area contributed by atoms with Crippen LogP contribution in [0.3, 0.4) is 0 Å². The van der Waals surface area contributed by atoms with Crippen LogP contribution in [0, 0.1) is 6.92 Å². The average molecular weight is 598 g/mol. The second-order valence-electron chi connectivity index (χ2n) is 8.85. The van der Waals surface area contributed by atoms with E-state index in [2.05, 4.69) is 10.3 Å². The molecule has 0 unspecified atom stereocenters. The summed E-state index contributed by atoms with van der Waals surface area (Å²) in [5.74, 6) is 0.752. The van der Waals surface area contributed by atoms with Crippen LogP contribution in [-0.2, 0) is 32.7 Å². The molecule has 200 valence electrons. The monoisotopic (exact) mass is 597 g/mol. The first kappa shape index (κ1) is 31.1. The molecular formula is C26H27ClN4NaO5S2+. The van der Waals surface area contributed by atoms with Gasteiger partial charge in [-0.15, -0.1) is 0 Å². The number of imidazole rings is 1. The molecule has 1 heterocycles. The van der Waals surface area contributed by atoms with E-state index in [0.717, 1.165) is 28.9 Å². The standard InChI is InChI=1S/C26H27ClN4O5S2.Na/c1-4-25-29-22-16-24(37(3,33)34)21(27)15-23(22)31(25)19-9-7-18(8-10-19)13-14-28-26(32)30-38(35,36)20-11-5-17(2)6-12-20;/h5-12,15-16H,4,13-14H2,1-3H3,(H2,28,30,32);/q;+1. The van der Waals surface area contributed by atoms with E-state index in [1.807, 2.05) is 47.4 Å². The van der Waals surface area contributed by atoms with Gasteiger partial charge in [0.25, 0.3) is 10.0 Å². The number of aromatic nitrogens is 2. The summed E-state index contributed by atoms with van der Waals surface area (Å²) in [4.78, 5) is 16.8. The Balaban J connectivity index is 0.00000420. The van der Waals surface area contributed by atoms with Crippen LogP contribution in [0.1, 0.15) is 23.9 Å². The minimum atomic E-state index is -3.95. The minimum absolute atomic E-state index is 0. The molecule has 39 heavy (non-hydrogen) atoms. The fourth-order valence-electron chi connectivity index (χ4n) is 4.00. The van der Waals surface area contributed by atoms with Gasteiger partial charge < -0.3 is 5.32 Å². The molecule has 0 bridgehead atoms. The third-order valence-electron chi connectivity index (χ3n) is 5.95. The van der Waals surface area contributed by atoms with E-state index >= 15 is 0 Å². The molecule has 3 aromatic carbocycles. The summed E-state index contributed by atoms with van der Waals surface area (Å²) in [6, 6.07) is 16.1. The molecule has 1 aromatic heterocycles. The first-order valence-corrected chi connectivity index (χ1v) is 15.5. The van der Waals surface area contributed by atoms with Crippen LogP contribution in [0.15, 0.2) is 70.5 Å². The van der Waals surface area contributed by atoms with Crippen LogP contribution in [0.5, 0.6) is 0 Å². The summed E-state index contributed by atoms with van der Waals surface area (Å²) in [7, 11) is -7.45. The molecule has 0 spiro atoms. The number of hydrogen-bond acceptors (Lipinski definition) is 6. The number of nitrogens with one attached hydrogen (secondary N) is 2. The molecule has 2 N–H and O–H groups in total. The van der Waals surface area contributed by atoms with Crippen LogP contribution in [-0.4, -0.2) is 45.2 Å². The zero-order valence-corrected chi connectivity index (χ0v) is 26.4. The summed E-state index contributed by atoms with van der Waals surface area (Å²) < 4.78 is 52.8. The number of nitrogens with zero attached hydrogens (tertiary/aromatic N) is 2. The first-order valence-electron chi connectivity index (χ1n) is 11.8. The van der Waals surface area contributed by atoms with Gasteiger partial charge in [0.15, 0.2) is 9.84 Å². The zero-order valence-electron chi connectivity index (χ0n) is 22.0. The second-order valence-corrected chi connectivity index (χ2v) is 12.9. The van der Waals surface area contributed by atoms with Crippen LogP contribution in [0.2, 0.25) is 5.02 Å². The Morgan fingerprint density at radius 3 is 2.23 bits per heavy atom. The Kier molecular flexibility index (Phi) is 9.90. The number of benzene rings is 3. The number of fused-ring (bicyclic) bond motifs is 1. The third kappa shape index (κ3) is 7.22. The van der Waals surface area contributed by atoms with Gasteiger partial charge >= 0.3 is 35.6 Å². The molecule has 2 amide bonds. The molecule has 13 heteroatoms. The summed E-state index contributed by atoms with van der Waals surface area (Å²) in [5.41, 5.74) is 3.89. The maximum absolute atomic E-state index is 12.4. The Bertz CT molecular complexity index is 1720. The van der Waals surface area contributed by atoms with Gasteiger partial charge in [0.1, 0.15) is 5.82 Å². The number of rotatable bonds is 8. The van der Waals surface area contributed by atoms with Gasteiger partial charge in [0.2, 0.25) is 0 Å². The number of sulfone groups is 1. The molecule has 4 rings (SSSR count). The molecule has 0 aliphatic carbocycles.